The van der Waals surface area contributed by atoms with Crippen LogP contribution in [0.25, 0.3) is 11.1 Å². The molecule has 2 aliphatic heterocycles. The van der Waals surface area contributed by atoms with Crippen LogP contribution in [0.3, 0.4) is 0 Å². The number of benzene rings is 6. The fraction of sp³-hybridized carbons (Fsp3) is 0.444. The predicted molar refractivity (Wildman–Crippen MR) is 414 cm³/mol. The van der Waals surface area contributed by atoms with Crippen LogP contribution in [0.1, 0.15) is 142 Å². The number of carbonyl (C=O) groups is 7. The van der Waals surface area contributed by atoms with Crippen molar-refractivity contribution in [1.29, 1.82) is 0 Å². The summed E-state index contributed by atoms with van der Waals surface area (Å²) in [5.74, 6) is -1.29. The SMILES string of the molecule is C=CCOC(=O)N[C@H](C(=O)N[C@@H](C)C(=O)Nc1ccc(COC(=O)Nc2cc(OCc3cccc(COc4cc(NC(=O)OCC5c6ccccc6-c6ccccc65)c(C(=O)N5CCC[C@H]5CO[Si](C)(C)C(C)(C)C)cc4OC)c3)c(OC)cc2C(=O)N2CCC[C@H]2CO[Si](C)(C)C(C)(C)C)cc1)C(C)C. The van der Waals surface area contributed by atoms with E-state index in [0.29, 0.717) is 37.6 Å². The van der Waals surface area contributed by atoms with E-state index in [0.717, 1.165) is 59.1 Å². The van der Waals surface area contributed by atoms with Crippen molar-refractivity contribution in [3.05, 3.63) is 173 Å². The van der Waals surface area contributed by atoms with Crippen molar-refractivity contribution in [1.82, 2.24) is 20.4 Å². The molecule has 0 unspecified atom stereocenters. The summed E-state index contributed by atoms with van der Waals surface area (Å²) in [5, 5.41) is 13.6. The Balaban J connectivity index is 0.910. The molecule has 7 amide bonds. The molecular weight excluding hydrogens is 1380 g/mol. The second-order valence-electron chi connectivity index (χ2n) is 30.5. The van der Waals surface area contributed by atoms with Crippen LogP contribution in [0.4, 0.5) is 31.4 Å². The van der Waals surface area contributed by atoms with Crippen LogP contribution in [-0.4, -0.2) is 146 Å². The van der Waals surface area contributed by atoms with Gasteiger partial charge in [0.1, 0.15) is 45.1 Å². The molecule has 6 aromatic rings. The van der Waals surface area contributed by atoms with Gasteiger partial charge in [0, 0.05) is 36.8 Å². The molecule has 106 heavy (non-hydrogen) atoms. The molecule has 9 rings (SSSR count). The molecule has 2 heterocycles. The van der Waals surface area contributed by atoms with Crippen molar-refractivity contribution in [2.45, 2.75) is 174 Å². The van der Waals surface area contributed by atoms with E-state index in [-0.39, 0.29) is 124 Å². The number of anilines is 3. The largest absolute Gasteiger partial charge is 0.493 e. The van der Waals surface area contributed by atoms with Gasteiger partial charge < -0.3 is 67.8 Å². The van der Waals surface area contributed by atoms with Gasteiger partial charge in [0.05, 0.1) is 62.0 Å². The van der Waals surface area contributed by atoms with Gasteiger partial charge in [0.25, 0.3) is 11.8 Å². The van der Waals surface area contributed by atoms with E-state index in [1.165, 1.54) is 33.3 Å². The molecule has 3 aliphatic rings. The first-order chi connectivity index (χ1) is 50.3. The number of ether oxygens (including phenoxy) is 7. The Hall–Kier alpha value is -9.70. The van der Waals surface area contributed by atoms with E-state index in [1.807, 2.05) is 53.4 Å². The molecule has 2 fully saturated rings. The number of nitrogens with zero attached hydrogens (tertiary/aromatic N) is 2. The Morgan fingerprint density at radius 2 is 1.01 bits per heavy atom. The van der Waals surface area contributed by atoms with E-state index >= 15 is 0 Å². The number of nitrogens with one attached hydrogen (secondary N) is 5. The topological polar surface area (TPSA) is 269 Å². The van der Waals surface area contributed by atoms with Crippen molar-refractivity contribution in [2.75, 3.05) is 69.7 Å². The number of likely N-dealkylation sites (tertiary alicyclic amines) is 2. The molecular formula is C81H105N7O16Si2. The highest BCUT2D eigenvalue weighted by Gasteiger charge is 2.42. The van der Waals surface area contributed by atoms with Gasteiger partial charge in [-0.05, 0) is 144 Å². The van der Waals surface area contributed by atoms with Gasteiger partial charge in [-0.3, -0.25) is 29.8 Å². The maximum atomic E-state index is 15.0. The average Bonchev–Trinajstić information content (AvgIpc) is 1.59. The van der Waals surface area contributed by atoms with E-state index in [9.17, 15) is 33.6 Å². The molecule has 5 N–H and O–H groups in total. The molecule has 0 bridgehead atoms. The lowest BCUT2D eigenvalue weighted by molar-refractivity contribution is -0.128. The van der Waals surface area contributed by atoms with Crippen LogP contribution in [0.2, 0.25) is 36.3 Å². The summed E-state index contributed by atoms with van der Waals surface area (Å²) >= 11 is 0. The molecule has 4 atom stereocenters. The minimum Gasteiger partial charge on any atom is -0.493 e. The number of alkyl carbamates (subject to hydrolysis) is 1. The summed E-state index contributed by atoms with van der Waals surface area (Å²) in [6.45, 7) is 31.9. The molecule has 6 aromatic carbocycles. The smallest absolute Gasteiger partial charge is 0.411 e. The summed E-state index contributed by atoms with van der Waals surface area (Å²) < 4.78 is 55.0. The predicted octanol–water partition coefficient (Wildman–Crippen LogP) is 15.6. The zero-order valence-electron chi connectivity index (χ0n) is 63.9. The van der Waals surface area contributed by atoms with Gasteiger partial charge in [0.2, 0.25) is 11.8 Å². The van der Waals surface area contributed by atoms with E-state index in [2.05, 4.69) is 125 Å². The van der Waals surface area contributed by atoms with Gasteiger partial charge in [-0.1, -0.05) is 147 Å². The Bertz CT molecular complexity index is 4110. The summed E-state index contributed by atoms with van der Waals surface area (Å²) in [6, 6.07) is 34.2. The first-order valence-electron chi connectivity index (χ1n) is 36.3. The van der Waals surface area contributed by atoms with Crippen LogP contribution >= 0.6 is 0 Å². The van der Waals surface area contributed by atoms with Gasteiger partial charge in [-0.15, -0.1) is 0 Å². The van der Waals surface area contributed by atoms with E-state index < -0.39 is 58.8 Å². The van der Waals surface area contributed by atoms with Crippen molar-refractivity contribution in [3.63, 3.8) is 0 Å². The van der Waals surface area contributed by atoms with Gasteiger partial charge >= 0.3 is 18.3 Å². The second-order valence-corrected chi connectivity index (χ2v) is 40.2. The number of carbonyl (C=O) groups excluding carboxylic acids is 7. The Labute approximate surface area is 625 Å². The maximum absolute atomic E-state index is 15.0. The Kier molecular flexibility index (Phi) is 26.7. The molecule has 1 aliphatic carbocycles. The fourth-order valence-corrected chi connectivity index (χ4v) is 14.5. The highest BCUT2D eigenvalue weighted by Crippen LogP contribution is 2.46. The van der Waals surface area contributed by atoms with Crippen LogP contribution in [-0.2, 0) is 52.5 Å². The third-order valence-electron chi connectivity index (χ3n) is 20.7. The van der Waals surface area contributed by atoms with Gasteiger partial charge in [-0.2, -0.15) is 0 Å². The van der Waals surface area contributed by atoms with E-state index in [1.54, 1.807) is 61.2 Å². The lowest BCUT2D eigenvalue weighted by Crippen LogP contribution is -2.53. The first kappa shape index (κ1) is 80.4. The number of methoxy groups -OCH3 is 2. The third-order valence-corrected chi connectivity index (χ3v) is 29.7. The standard InChI is InChI=1S/C81H105N7O16Si2/c1-17-39-98-79(95)86-72(51(2)3)74(90)82-52(4)73(89)83-56-35-33-53(34-36-56)45-101-77(93)84-66-43-70(68(96-11)41-63(66)75(91)87-37-23-27-57(87)48-103-105(13,14)80(5,6)7)99-46-54-25-22-26-55(40-54)47-100-71-44-67(85-78(94)102-50-65-61-31-20-18-29-59(61)60-30-19-21-32-62(60)65)64(42-69(71)97-12)76(92)88-38-24-28-58(88)49-104-106(15,16)81(8,9)10/h17-22,25-26,29-36,40-44,51-52,57-58,65,72H,1,23-24,27-28,37-39,45-50H2,2-16H3,(H,82,90)(H,83,89)(H,84,93)(H,85,94)(H,86,95)/t52-,57-,58-,72-/m0/s1. The number of hydrogen-bond acceptors (Lipinski definition) is 16. The molecule has 0 saturated carbocycles. The highest BCUT2D eigenvalue weighted by molar-refractivity contribution is 6.74. The number of amides is 7. The summed E-state index contributed by atoms with van der Waals surface area (Å²) in [5.41, 5.74) is 7.37. The molecule has 23 nitrogen and oxygen atoms in total. The number of fused-ring (bicyclic) bond motifs is 3. The van der Waals surface area contributed by atoms with Crippen molar-refractivity contribution >= 4 is 75.6 Å². The van der Waals surface area contributed by atoms with Crippen LogP contribution in [0.15, 0.2) is 134 Å². The zero-order chi connectivity index (χ0) is 76.8. The first-order valence-corrected chi connectivity index (χ1v) is 42.1. The summed E-state index contributed by atoms with van der Waals surface area (Å²) in [4.78, 5) is 100. The normalized spacial score (nSPS) is 15.7. The monoisotopic (exact) mass is 1490 g/mol. The third kappa shape index (κ3) is 20.1. The van der Waals surface area contributed by atoms with Crippen molar-refractivity contribution in [2.24, 2.45) is 5.92 Å². The molecule has 568 valence electrons. The van der Waals surface area contributed by atoms with Crippen LogP contribution in [0.5, 0.6) is 23.0 Å². The summed E-state index contributed by atoms with van der Waals surface area (Å²) in [6.07, 6.45) is 2.03. The van der Waals surface area contributed by atoms with Crippen molar-refractivity contribution in [3.8, 4) is 34.1 Å². The van der Waals surface area contributed by atoms with Crippen LogP contribution in [0, 0.1) is 5.92 Å². The lowest BCUT2D eigenvalue weighted by atomic mass is 9.98. The zero-order valence-corrected chi connectivity index (χ0v) is 65.9. The Morgan fingerprint density at radius 1 is 0.528 bits per heavy atom. The summed E-state index contributed by atoms with van der Waals surface area (Å²) in [7, 11) is -1.40. The molecule has 2 saturated heterocycles. The second kappa shape index (κ2) is 35.1. The lowest BCUT2D eigenvalue weighted by Gasteiger charge is -2.38. The van der Waals surface area contributed by atoms with Crippen LogP contribution < -0.4 is 45.5 Å². The number of rotatable bonds is 30. The molecule has 25 heteroatoms. The highest BCUT2D eigenvalue weighted by atomic mass is 28.4. The van der Waals surface area contributed by atoms with Crippen molar-refractivity contribution < 1.29 is 75.6 Å². The maximum Gasteiger partial charge on any atom is 0.411 e. The minimum absolute atomic E-state index is 0.00190. The average molecular weight is 1490 g/mol. The molecule has 0 aromatic heterocycles. The molecule has 0 radical (unpaired) electrons. The minimum atomic E-state index is -2.20. The van der Waals surface area contributed by atoms with Gasteiger partial charge in [0.15, 0.2) is 39.6 Å². The van der Waals surface area contributed by atoms with E-state index in [4.69, 9.17) is 42.0 Å². The Morgan fingerprint density at radius 3 is 1.47 bits per heavy atom. The quantitative estimate of drug-likeness (QED) is 0.0159. The van der Waals surface area contributed by atoms with Gasteiger partial charge in [-0.25, -0.2) is 14.4 Å². The molecule has 0 spiro atoms. The number of hydrogen-bond donors (Lipinski definition) is 5. The fourth-order valence-electron chi connectivity index (χ4n) is 12.4.